The van der Waals surface area contributed by atoms with E-state index in [0.717, 1.165) is 4.31 Å². The van der Waals surface area contributed by atoms with Crippen molar-refractivity contribution in [3.05, 3.63) is 60.2 Å². The second kappa shape index (κ2) is 8.14. The largest absolute Gasteiger partial charge is 0.467 e. The maximum absolute atomic E-state index is 13.3. The summed E-state index contributed by atoms with van der Waals surface area (Å²) in [5, 5.41) is 0. The smallest absolute Gasteiger partial charge is 0.329 e. The highest BCUT2D eigenvalue weighted by Gasteiger charge is 2.35. The maximum atomic E-state index is 13.3. The van der Waals surface area contributed by atoms with Gasteiger partial charge in [0.2, 0.25) is 0 Å². The summed E-state index contributed by atoms with van der Waals surface area (Å²) in [6.45, 7) is 3.12. The van der Waals surface area contributed by atoms with Crippen LogP contribution in [0.3, 0.4) is 0 Å². The van der Waals surface area contributed by atoms with E-state index in [1.165, 1.54) is 38.3 Å². The van der Waals surface area contributed by atoms with Crippen LogP contribution >= 0.6 is 0 Å². The Kier molecular flexibility index (Phi) is 6.15. The molecule has 0 heterocycles. The quantitative estimate of drug-likeness (QED) is 0.549. The van der Waals surface area contributed by atoms with Crippen molar-refractivity contribution < 1.29 is 22.7 Å². The second-order valence-electron chi connectivity index (χ2n) is 5.66. The Morgan fingerprint density at radius 1 is 1.04 bits per heavy atom. The minimum absolute atomic E-state index is 0.00583. The van der Waals surface area contributed by atoms with E-state index in [-0.39, 0.29) is 17.1 Å². The molecule has 0 spiro atoms. The number of methoxy groups -OCH3 is 1. The van der Waals surface area contributed by atoms with E-state index in [2.05, 4.69) is 0 Å². The van der Waals surface area contributed by atoms with Crippen molar-refractivity contribution in [1.82, 2.24) is 0 Å². The molecule has 0 saturated heterocycles. The van der Waals surface area contributed by atoms with Crippen LogP contribution in [0, 0.1) is 0 Å². The minimum Gasteiger partial charge on any atom is -0.467 e. The first-order valence-electron chi connectivity index (χ1n) is 8.11. The van der Waals surface area contributed by atoms with Gasteiger partial charge in [-0.3, -0.25) is 9.10 Å². The van der Waals surface area contributed by atoms with Crippen LogP contribution < -0.4 is 4.31 Å². The summed E-state index contributed by atoms with van der Waals surface area (Å²) < 4.78 is 32.4. The monoisotopic (exact) mass is 375 g/mol. The van der Waals surface area contributed by atoms with E-state index < -0.39 is 22.0 Å². The Bertz CT molecular complexity index is 876. The molecule has 1 atom stereocenters. The number of benzene rings is 2. The summed E-state index contributed by atoms with van der Waals surface area (Å²) in [4.78, 5) is 23.6. The van der Waals surface area contributed by atoms with E-state index in [1.807, 2.05) is 0 Å². The second-order valence-corrected chi connectivity index (χ2v) is 7.48. The summed E-state index contributed by atoms with van der Waals surface area (Å²) in [5.74, 6) is -0.796. The summed E-state index contributed by atoms with van der Waals surface area (Å²) in [7, 11) is -2.82. The molecule has 0 aliphatic carbocycles. The molecule has 2 aromatic rings. The van der Waals surface area contributed by atoms with Gasteiger partial charge in [-0.2, -0.15) is 0 Å². The fraction of sp³-hybridized carbons (Fsp3) is 0.263. The molecule has 0 saturated carbocycles. The van der Waals surface area contributed by atoms with Gasteiger partial charge in [-0.05, 0) is 37.6 Å². The van der Waals surface area contributed by atoms with Crippen LogP contribution in [0.5, 0.6) is 0 Å². The summed E-state index contributed by atoms with van der Waals surface area (Å²) in [5.41, 5.74) is 0.774. The van der Waals surface area contributed by atoms with Gasteiger partial charge in [0, 0.05) is 5.56 Å². The first kappa shape index (κ1) is 19.7. The molecule has 6 nitrogen and oxygen atoms in total. The van der Waals surface area contributed by atoms with Crippen LogP contribution in [0.4, 0.5) is 5.69 Å². The maximum Gasteiger partial charge on any atom is 0.329 e. The molecule has 0 aliphatic rings. The lowest BCUT2D eigenvalue weighted by molar-refractivity contribution is -0.142. The lowest BCUT2D eigenvalue weighted by atomic mass is 10.2. The molecule has 0 N–H and O–H groups in total. The van der Waals surface area contributed by atoms with Gasteiger partial charge >= 0.3 is 5.97 Å². The van der Waals surface area contributed by atoms with Gasteiger partial charge in [-0.15, -0.1) is 0 Å². The Morgan fingerprint density at radius 2 is 1.62 bits per heavy atom. The van der Waals surface area contributed by atoms with E-state index in [9.17, 15) is 18.0 Å². The predicted octanol–water partition coefficient (Wildman–Crippen LogP) is 3.04. The number of sulfonamides is 1. The number of anilines is 1. The average Bonchev–Trinajstić information content (AvgIpc) is 2.65. The first-order chi connectivity index (χ1) is 12.3. The highest BCUT2D eigenvalue weighted by molar-refractivity contribution is 7.93. The molecule has 0 radical (unpaired) electrons. The van der Waals surface area contributed by atoms with Crippen LogP contribution in [0.15, 0.2) is 59.5 Å². The number of hydrogen-bond donors (Lipinski definition) is 0. The molecule has 2 aromatic carbocycles. The van der Waals surface area contributed by atoms with Crippen molar-refractivity contribution in [2.45, 2.75) is 31.2 Å². The fourth-order valence-electron chi connectivity index (χ4n) is 2.60. The van der Waals surface area contributed by atoms with E-state index >= 15 is 0 Å². The molecular weight excluding hydrogens is 354 g/mol. The molecule has 0 bridgehead atoms. The first-order valence-corrected chi connectivity index (χ1v) is 9.55. The summed E-state index contributed by atoms with van der Waals surface area (Å²) in [6, 6.07) is 13.0. The van der Waals surface area contributed by atoms with Crippen LogP contribution in [-0.2, 0) is 19.6 Å². The van der Waals surface area contributed by atoms with Gasteiger partial charge in [-0.25, -0.2) is 13.2 Å². The fourth-order valence-corrected chi connectivity index (χ4v) is 4.28. The van der Waals surface area contributed by atoms with Crippen molar-refractivity contribution >= 4 is 27.5 Å². The lowest BCUT2D eigenvalue weighted by Crippen LogP contribution is -2.45. The van der Waals surface area contributed by atoms with Crippen molar-refractivity contribution in [3.8, 4) is 0 Å². The number of esters is 1. The topological polar surface area (TPSA) is 80.8 Å². The van der Waals surface area contributed by atoms with Gasteiger partial charge in [-0.1, -0.05) is 37.3 Å². The highest BCUT2D eigenvalue weighted by atomic mass is 32.2. The Balaban J connectivity index is 2.59. The third-order valence-corrected chi connectivity index (χ3v) is 5.82. The third kappa shape index (κ3) is 3.94. The molecule has 26 heavy (non-hydrogen) atoms. The summed E-state index contributed by atoms with van der Waals surface area (Å²) >= 11 is 0. The predicted molar refractivity (Wildman–Crippen MR) is 98.6 cm³/mol. The number of ether oxygens (including phenoxy) is 1. The highest BCUT2D eigenvalue weighted by Crippen LogP contribution is 2.28. The third-order valence-electron chi connectivity index (χ3n) is 3.97. The van der Waals surface area contributed by atoms with Gasteiger partial charge in [0.15, 0.2) is 5.78 Å². The SMILES string of the molecule is CC[C@@H](C(=O)OC)N(c1ccccc1)S(=O)(=O)c1ccc(C(C)=O)cc1. The van der Waals surface area contributed by atoms with Gasteiger partial charge in [0.1, 0.15) is 6.04 Å². The Morgan fingerprint density at radius 3 is 2.08 bits per heavy atom. The van der Waals surface area contributed by atoms with E-state index in [1.54, 1.807) is 37.3 Å². The average molecular weight is 375 g/mol. The van der Waals surface area contributed by atoms with E-state index in [4.69, 9.17) is 4.74 Å². The molecule has 138 valence electrons. The Hall–Kier alpha value is -2.67. The van der Waals surface area contributed by atoms with Crippen LogP contribution in [-0.4, -0.2) is 33.3 Å². The normalized spacial score (nSPS) is 12.3. The zero-order valence-electron chi connectivity index (χ0n) is 14.9. The molecule has 0 aliphatic heterocycles. The van der Waals surface area contributed by atoms with Crippen LogP contribution in [0.1, 0.15) is 30.6 Å². The van der Waals surface area contributed by atoms with Gasteiger partial charge < -0.3 is 4.74 Å². The number of carbonyl (C=O) groups excluding carboxylic acids is 2. The van der Waals surface area contributed by atoms with E-state index in [0.29, 0.717) is 11.3 Å². The number of para-hydroxylation sites is 1. The molecule has 7 heteroatoms. The van der Waals surface area contributed by atoms with Gasteiger partial charge in [0.05, 0.1) is 17.7 Å². The molecule has 0 fully saturated rings. The zero-order chi connectivity index (χ0) is 19.3. The lowest BCUT2D eigenvalue weighted by Gasteiger charge is -2.30. The molecule has 0 amide bonds. The number of nitrogens with zero attached hydrogens (tertiary/aromatic N) is 1. The molecule has 2 rings (SSSR count). The molecule has 0 aromatic heterocycles. The number of hydrogen-bond acceptors (Lipinski definition) is 5. The zero-order valence-corrected chi connectivity index (χ0v) is 15.7. The van der Waals surface area contributed by atoms with Crippen molar-refractivity contribution in [2.24, 2.45) is 0 Å². The number of Topliss-reactive ketones (excluding diaryl/α,β-unsaturated/α-hetero) is 1. The van der Waals surface area contributed by atoms with Gasteiger partial charge in [0.25, 0.3) is 10.0 Å². The Labute approximate surface area is 153 Å². The number of ketones is 1. The summed E-state index contributed by atoms with van der Waals surface area (Å²) in [6.07, 6.45) is 0.242. The molecule has 0 unspecified atom stereocenters. The standard InChI is InChI=1S/C19H21NO5S/c1-4-18(19(22)25-3)20(16-8-6-5-7-9-16)26(23,24)17-12-10-15(11-13-17)14(2)21/h5-13,18H,4H2,1-3H3/t18-/m0/s1. The van der Waals surface area contributed by atoms with Crippen molar-refractivity contribution in [3.63, 3.8) is 0 Å². The minimum atomic E-state index is -4.04. The molecular formula is C19H21NO5S. The van der Waals surface area contributed by atoms with Crippen molar-refractivity contribution in [2.75, 3.05) is 11.4 Å². The van der Waals surface area contributed by atoms with Crippen molar-refractivity contribution in [1.29, 1.82) is 0 Å². The number of rotatable bonds is 7. The number of carbonyl (C=O) groups is 2. The van der Waals surface area contributed by atoms with Crippen LogP contribution in [0.2, 0.25) is 0 Å². The van der Waals surface area contributed by atoms with Crippen LogP contribution in [0.25, 0.3) is 0 Å².